The minimum absolute atomic E-state index is 0.0377. The first-order valence-corrected chi connectivity index (χ1v) is 15.2. The normalized spacial score (nSPS) is 17.2. The van der Waals surface area contributed by atoms with Crippen LogP contribution in [-0.4, -0.2) is 86.3 Å². The van der Waals surface area contributed by atoms with Crippen molar-refractivity contribution in [1.82, 2.24) is 31.2 Å². The number of ether oxygens (including phenoxy) is 1. The van der Waals surface area contributed by atoms with Gasteiger partial charge in [-0.05, 0) is 29.5 Å². The van der Waals surface area contributed by atoms with E-state index in [2.05, 4.69) is 66.0 Å². The number of amides is 4. The molecule has 4 N–H and O–H groups in total. The van der Waals surface area contributed by atoms with Gasteiger partial charge >= 0.3 is 6.03 Å². The zero-order valence-electron chi connectivity index (χ0n) is 24.7. The number of rotatable bonds is 13. The van der Waals surface area contributed by atoms with Gasteiger partial charge in [-0.25, -0.2) is 9.78 Å². The molecule has 1 aliphatic heterocycles. The Morgan fingerprint density at radius 3 is 2.45 bits per heavy atom. The van der Waals surface area contributed by atoms with E-state index in [0.717, 1.165) is 34.7 Å². The van der Waals surface area contributed by atoms with E-state index in [1.807, 2.05) is 13.0 Å². The van der Waals surface area contributed by atoms with Crippen LogP contribution in [0.1, 0.15) is 57.5 Å². The highest BCUT2D eigenvalue weighted by Gasteiger charge is 2.28. The Morgan fingerprint density at radius 1 is 1.07 bits per heavy atom. The van der Waals surface area contributed by atoms with Crippen LogP contribution in [0.2, 0.25) is 0 Å². The summed E-state index contributed by atoms with van der Waals surface area (Å²) in [6.45, 7) is 14.4. The van der Waals surface area contributed by atoms with Gasteiger partial charge in [0.25, 0.3) is 0 Å². The van der Waals surface area contributed by atoms with E-state index in [1.54, 1.807) is 0 Å². The first-order valence-electron chi connectivity index (χ1n) is 14.4. The molecule has 1 aromatic heterocycles. The number of aromatic nitrogens is 1. The maximum atomic E-state index is 13.5. The molecule has 10 nitrogen and oxygen atoms in total. The molecular formula is C29H46N6O4S. The number of hydrogen-bond donors (Lipinski definition) is 4. The van der Waals surface area contributed by atoms with Crippen LogP contribution in [0, 0.1) is 11.8 Å². The summed E-state index contributed by atoms with van der Waals surface area (Å²) >= 11 is 1.54. The molecule has 2 heterocycles. The zero-order valence-corrected chi connectivity index (χ0v) is 25.5. The SMILES string of the molecule is CC[C@H](C)C(CNC(=O)[C@H](C)CN1CCOCC1)NC(=O)[C@H](Cc1nc2ccc(C(C)C)cc2s1)NC(=O)NC. The minimum atomic E-state index is -0.812. The molecule has 0 radical (unpaired) electrons. The third kappa shape index (κ3) is 9.14. The fourth-order valence-electron chi connectivity index (χ4n) is 4.65. The summed E-state index contributed by atoms with van der Waals surface area (Å²) in [5.41, 5.74) is 2.12. The first kappa shape index (κ1) is 31.8. The molecule has 0 bridgehead atoms. The van der Waals surface area contributed by atoms with Crippen molar-refractivity contribution >= 4 is 39.4 Å². The number of morpholine rings is 1. The molecule has 1 unspecified atom stereocenters. The summed E-state index contributed by atoms with van der Waals surface area (Å²) in [5.74, 6) is 0.0142. The van der Waals surface area contributed by atoms with Gasteiger partial charge in [0.15, 0.2) is 0 Å². The molecule has 2 aromatic rings. The van der Waals surface area contributed by atoms with Gasteiger partial charge in [-0.3, -0.25) is 14.5 Å². The van der Waals surface area contributed by atoms with Gasteiger partial charge < -0.3 is 26.0 Å². The van der Waals surface area contributed by atoms with Gasteiger partial charge in [-0.2, -0.15) is 0 Å². The maximum absolute atomic E-state index is 13.5. The van der Waals surface area contributed by atoms with Crippen molar-refractivity contribution < 1.29 is 19.1 Å². The van der Waals surface area contributed by atoms with Crippen molar-refractivity contribution in [3.8, 4) is 0 Å². The molecule has 1 aliphatic rings. The lowest BCUT2D eigenvalue weighted by atomic mass is 9.98. The fourth-order valence-corrected chi connectivity index (χ4v) is 5.71. The van der Waals surface area contributed by atoms with Gasteiger partial charge in [0.2, 0.25) is 11.8 Å². The van der Waals surface area contributed by atoms with Crippen LogP contribution in [0.15, 0.2) is 18.2 Å². The highest BCUT2D eigenvalue weighted by molar-refractivity contribution is 7.18. The number of thiazole rings is 1. The molecular weight excluding hydrogens is 528 g/mol. The Morgan fingerprint density at radius 2 is 1.80 bits per heavy atom. The summed E-state index contributed by atoms with van der Waals surface area (Å²) < 4.78 is 6.46. The highest BCUT2D eigenvalue weighted by Crippen LogP contribution is 2.27. The quantitative estimate of drug-likeness (QED) is 0.292. The van der Waals surface area contributed by atoms with E-state index in [1.165, 1.54) is 23.9 Å². The van der Waals surface area contributed by atoms with E-state index in [9.17, 15) is 14.4 Å². The summed E-state index contributed by atoms with van der Waals surface area (Å²) in [7, 11) is 1.52. The number of carbonyl (C=O) groups is 3. The number of carbonyl (C=O) groups excluding carboxylic acids is 3. The van der Waals surface area contributed by atoms with Gasteiger partial charge in [0.1, 0.15) is 6.04 Å². The largest absolute Gasteiger partial charge is 0.379 e. The average molecular weight is 575 g/mol. The third-order valence-electron chi connectivity index (χ3n) is 7.59. The molecule has 0 saturated carbocycles. The van der Waals surface area contributed by atoms with Crippen LogP contribution in [-0.2, 0) is 20.7 Å². The van der Waals surface area contributed by atoms with Crippen LogP contribution in [0.5, 0.6) is 0 Å². The Labute approximate surface area is 242 Å². The average Bonchev–Trinajstić information content (AvgIpc) is 3.36. The first-order chi connectivity index (χ1) is 19.1. The van der Waals surface area contributed by atoms with Crippen LogP contribution in [0.4, 0.5) is 4.79 Å². The lowest BCUT2D eigenvalue weighted by Crippen LogP contribution is -2.56. The van der Waals surface area contributed by atoms with E-state index in [0.29, 0.717) is 32.2 Å². The topological polar surface area (TPSA) is 125 Å². The molecule has 0 spiro atoms. The minimum Gasteiger partial charge on any atom is -0.379 e. The second-order valence-corrected chi connectivity index (χ2v) is 12.1. The number of fused-ring (bicyclic) bond motifs is 1. The van der Waals surface area contributed by atoms with Crippen LogP contribution >= 0.6 is 11.3 Å². The monoisotopic (exact) mass is 574 g/mol. The van der Waals surface area contributed by atoms with Crippen LogP contribution in [0.3, 0.4) is 0 Å². The number of nitrogens with zero attached hydrogens (tertiary/aromatic N) is 2. The number of hydrogen-bond acceptors (Lipinski definition) is 7. The van der Waals surface area contributed by atoms with Gasteiger partial charge in [-0.15, -0.1) is 11.3 Å². The van der Waals surface area contributed by atoms with E-state index in [4.69, 9.17) is 9.72 Å². The van der Waals surface area contributed by atoms with E-state index in [-0.39, 0.29) is 36.1 Å². The van der Waals surface area contributed by atoms with Crippen molar-refractivity contribution in [3.05, 3.63) is 28.8 Å². The van der Waals surface area contributed by atoms with E-state index < -0.39 is 12.1 Å². The van der Waals surface area contributed by atoms with Gasteiger partial charge in [0, 0.05) is 51.6 Å². The molecule has 40 heavy (non-hydrogen) atoms. The third-order valence-corrected chi connectivity index (χ3v) is 8.63. The van der Waals surface area contributed by atoms with Crippen molar-refractivity contribution in [2.24, 2.45) is 11.8 Å². The molecule has 1 saturated heterocycles. The van der Waals surface area contributed by atoms with Crippen molar-refractivity contribution in [1.29, 1.82) is 0 Å². The smallest absolute Gasteiger partial charge is 0.315 e. The van der Waals surface area contributed by atoms with E-state index >= 15 is 0 Å². The Kier molecular flexibility index (Phi) is 12.1. The Hall–Kier alpha value is -2.76. The standard InChI is InChI=1S/C29H46N6O4S/c1-7-19(4)24(16-31-27(36)20(5)17-35-10-12-39-13-11-35)33-28(37)23(34-29(38)30-6)15-26-32-22-9-8-21(18(2)3)14-25(22)40-26/h8-9,14,18-20,23-24H,7,10-13,15-17H2,1-6H3,(H,31,36)(H,33,37)(H2,30,34,38)/t19-,20+,23-,24?/m0/s1. The molecule has 4 atom stereocenters. The van der Waals surface area contributed by atoms with Crippen LogP contribution < -0.4 is 21.3 Å². The Balaban J connectivity index is 1.67. The second-order valence-electron chi connectivity index (χ2n) is 11.0. The molecule has 0 aliphatic carbocycles. The molecule has 4 amide bonds. The second kappa shape index (κ2) is 15.3. The summed E-state index contributed by atoms with van der Waals surface area (Å²) in [6.07, 6.45) is 1.10. The fraction of sp³-hybridized carbons (Fsp3) is 0.655. The molecule has 11 heteroatoms. The molecule has 1 aromatic carbocycles. The number of urea groups is 1. The predicted octanol–water partition coefficient (Wildman–Crippen LogP) is 2.88. The number of nitrogens with one attached hydrogen (secondary N) is 4. The maximum Gasteiger partial charge on any atom is 0.315 e. The summed E-state index contributed by atoms with van der Waals surface area (Å²) in [5, 5.41) is 12.2. The van der Waals surface area contributed by atoms with Crippen LogP contribution in [0.25, 0.3) is 10.2 Å². The highest BCUT2D eigenvalue weighted by atomic mass is 32.1. The number of benzene rings is 1. The van der Waals surface area contributed by atoms with Crippen molar-refractivity contribution in [2.45, 2.75) is 65.5 Å². The lowest BCUT2D eigenvalue weighted by Gasteiger charge is -2.30. The summed E-state index contributed by atoms with van der Waals surface area (Å²) in [6, 6.07) is 4.70. The van der Waals surface area contributed by atoms with Crippen molar-refractivity contribution in [2.75, 3.05) is 46.4 Å². The molecule has 1 fully saturated rings. The van der Waals surface area contributed by atoms with Gasteiger partial charge in [-0.1, -0.05) is 47.1 Å². The zero-order chi connectivity index (χ0) is 29.2. The van der Waals surface area contributed by atoms with Crippen molar-refractivity contribution in [3.63, 3.8) is 0 Å². The molecule has 222 valence electrons. The molecule has 3 rings (SSSR count). The predicted molar refractivity (Wildman–Crippen MR) is 160 cm³/mol. The lowest BCUT2D eigenvalue weighted by molar-refractivity contribution is -0.127. The summed E-state index contributed by atoms with van der Waals surface area (Å²) in [4.78, 5) is 45.6. The van der Waals surface area contributed by atoms with Gasteiger partial charge in [0.05, 0.1) is 28.4 Å². The Bertz CT molecular complexity index is 1130.